The third-order valence-corrected chi connectivity index (χ3v) is 5.46. The number of amides is 2. The summed E-state index contributed by atoms with van der Waals surface area (Å²) >= 11 is 6.27. The molecule has 0 atom stereocenters. The number of nitrogens with zero attached hydrogens (tertiary/aromatic N) is 5. The van der Waals surface area contributed by atoms with E-state index in [9.17, 15) is 9.59 Å². The molecule has 0 radical (unpaired) electrons. The van der Waals surface area contributed by atoms with E-state index < -0.39 is 5.91 Å². The summed E-state index contributed by atoms with van der Waals surface area (Å²) in [5.41, 5.74) is 14.8. The lowest BCUT2D eigenvalue weighted by atomic mass is 10.1. The minimum Gasteiger partial charge on any atom is -0.383 e. The van der Waals surface area contributed by atoms with Crippen molar-refractivity contribution < 1.29 is 14.1 Å². The Bertz CT molecular complexity index is 1410. The first-order valence-electron chi connectivity index (χ1n) is 10.7. The van der Waals surface area contributed by atoms with Crippen molar-refractivity contribution in [3.8, 4) is 22.6 Å². The van der Waals surface area contributed by atoms with E-state index in [0.29, 0.717) is 27.7 Å². The van der Waals surface area contributed by atoms with Gasteiger partial charge in [-0.2, -0.15) is 5.10 Å². The molecule has 0 saturated heterocycles. The van der Waals surface area contributed by atoms with Crippen LogP contribution in [0.5, 0.6) is 0 Å². The molecule has 12 heteroatoms. The van der Waals surface area contributed by atoms with Crippen LogP contribution in [0.25, 0.3) is 22.6 Å². The number of rotatable bonds is 7. The molecule has 3 heterocycles. The van der Waals surface area contributed by atoms with Gasteiger partial charge in [0.25, 0.3) is 5.91 Å². The van der Waals surface area contributed by atoms with Crippen LogP contribution in [0.3, 0.4) is 0 Å². The Kier molecular flexibility index (Phi) is 6.52. The predicted molar refractivity (Wildman–Crippen MR) is 131 cm³/mol. The molecule has 0 fully saturated rings. The number of nitrogens with two attached hydrogens (primary N) is 2. The van der Waals surface area contributed by atoms with Gasteiger partial charge in [0.05, 0.1) is 23.3 Å². The zero-order chi connectivity index (χ0) is 25.3. The third-order valence-electron chi connectivity index (χ3n) is 5.15. The van der Waals surface area contributed by atoms with Crippen LogP contribution in [-0.2, 0) is 11.2 Å². The van der Waals surface area contributed by atoms with Gasteiger partial charge < -0.3 is 16.0 Å². The maximum Gasteiger partial charge on any atom is 0.254 e. The van der Waals surface area contributed by atoms with Crippen LogP contribution < -0.4 is 16.8 Å². The standard InChI is InChI=1S/C23H23ClN8O3/c1-11(2)32-22(25)20(23(26)34)21(30-32)17-10-27-13(9-28-17)7-18(33)29-19-8-16(31-35-19)14-5-4-12(3)6-15(14)24/h4-6,8-11H,7,25H2,1-3H3,(H2,26,34)(H,29,33). The summed E-state index contributed by atoms with van der Waals surface area (Å²) < 4.78 is 6.71. The van der Waals surface area contributed by atoms with E-state index in [0.717, 1.165) is 5.56 Å². The van der Waals surface area contributed by atoms with Crippen LogP contribution in [0.2, 0.25) is 5.02 Å². The highest BCUT2D eigenvalue weighted by molar-refractivity contribution is 6.33. The number of aromatic nitrogens is 5. The van der Waals surface area contributed by atoms with E-state index in [4.69, 9.17) is 27.6 Å². The zero-order valence-corrected chi connectivity index (χ0v) is 20.0. The van der Waals surface area contributed by atoms with Gasteiger partial charge in [-0.1, -0.05) is 28.9 Å². The minimum atomic E-state index is -0.715. The molecule has 0 aliphatic heterocycles. The molecule has 5 N–H and O–H groups in total. The molecule has 4 rings (SSSR count). The molecule has 0 unspecified atom stereocenters. The Labute approximate surface area is 205 Å². The molecule has 35 heavy (non-hydrogen) atoms. The van der Waals surface area contributed by atoms with Gasteiger partial charge in [-0.3, -0.25) is 24.9 Å². The van der Waals surface area contributed by atoms with Gasteiger partial charge in [0.1, 0.15) is 28.5 Å². The third kappa shape index (κ3) is 4.99. The fourth-order valence-electron chi connectivity index (χ4n) is 3.47. The zero-order valence-electron chi connectivity index (χ0n) is 19.2. The summed E-state index contributed by atoms with van der Waals surface area (Å²) in [6, 6.07) is 7.06. The summed E-state index contributed by atoms with van der Waals surface area (Å²) in [6.07, 6.45) is 2.76. The lowest BCUT2D eigenvalue weighted by molar-refractivity contribution is -0.115. The highest BCUT2D eigenvalue weighted by Gasteiger charge is 2.23. The van der Waals surface area contributed by atoms with E-state index in [1.807, 2.05) is 39.0 Å². The first-order valence-corrected chi connectivity index (χ1v) is 11.0. The number of nitrogens with one attached hydrogen (secondary N) is 1. The number of nitrogen functional groups attached to an aromatic ring is 1. The second-order valence-corrected chi connectivity index (χ2v) is 8.60. The van der Waals surface area contributed by atoms with Crippen LogP contribution in [0.1, 0.15) is 41.5 Å². The van der Waals surface area contributed by atoms with Crippen LogP contribution in [0.4, 0.5) is 11.7 Å². The average Bonchev–Trinajstić information content (AvgIpc) is 3.38. The van der Waals surface area contributed by atoms with Crippen LogP contribution in [-0.4, -0.2) is 36.7 Å². The van der Waals surface area contributed by atoms with Gasteiger partial charge in [-0.05, 0) is 32.4 Å². The first kappa shape index (κ1) is 23.9. The van der Waals surface area contributed by atoms with Crippen molar-refractivity contribution in [2.24, 2.45) is 5.73 Å². The minimum absolute atomic E-state index is 0.0696. The number of anilines is 2. The smallest absolute Gasteiger partial charge is 0.254 e. The summed E-state index contributed by atoms with van der Waals surface area (Å²) in [4.78, 5) is 33.0. The average molecular weight is 495 g/mol. The Morgan fingerprint density at radius 3 is 2.57 bits per heavy atom. The summed E-state index contributed by atoms with van der Waals surface area (Å²) in [6.45, 7) is 5.68. The van der Waals surface area contributed by atoms with Crippen molar-refractivity contribution in [3.05, 3.63) is 58.5 Å². The molecule has 0 aliphatic carbocycles. The van der Waals surface area contributed by atoms with Gasteiger partial charge in [0.2, 0.25) is 11.8 Å². The lowest BCUT2D eigenvalue weighted by Gasteiger charge is -2.06. The molecular weight excluding hydrogens is 472 g/mol. The summed E-state index contributed by atoms with van der Waals surface area (Å²) in [5.74, 6) is -0.762. The molecular formula is C23H23ClN8O3. The van der Waals surface area contributed by atoms with Gasteiger partial charge in [-0.25, -0.2) is 4.68 Å². The fraction of sp³-hybridized carbons (Fsp3) is 0.217. The van der Waals surface area contributed by atoms with Gasteiger partial charge in [0, 0.05) is 23.9 Å². The van der Waals surface area contributed by atoms with Gasteiger partial charge >= 0.3 is 0 Å². The lowest BCUT2D eigenvalue weighted by Crippen LogP contribution is -2.15. The monoisotopic (exact) mass is 494 g/mol. The Morgan fingerprint density at radius 2 is 1.94 bits per heavy atom. The number of aryl methyl sites for hydroxylation is 1. The second-order valence-electron chi connectivity index (χ2n) is 8.19. The Hall–Kier alpha value is -4.25. The number of hydrogen-bond donors (Lipinski definition) is 3. The van der Waals surface area contributed by atoms with E-state index in [1.165, 1.54) is 17.1 Å². The van der Waals surface area contributed by atoms with Crippen LogP contribution >= 0.6 is 11.6 Å². The molecule has 3 aromatic heterocycles. The van der Waals surface area contributed by atoms with Crippen LogP contribution in [0.15, 0.2) is 41.2 Å². The SMILES string of the molecule is Cc1ccc(-c2cc(NC(=O)Cc3cnc(-c4nn(C(C)C)c(N)c4C(N)=O)cn3)on2)c(Cl)c1. The highest BCUT2D eigenvalue weighted by Crippen LogP contribution is 2.30. The Balaban J connectivity index is 1.46. The van der Waals surface area contributed by atoms with E-state index in [1.54, 1.807) is 6.07 Å². The highest BCUT2D eigenvalue weighted by atomic mass is 35.5. The molecule has 0 spiro atoms. The van der Waals surface area contributed by atoms with Crippen molar-refractivity contribution >= 4 is 35.1 Å². The molecule has 0 aliphatic rings. The van der Waals surface area contributed by atoms with Crippen molar-refractivity contribution in [2.75, 3.05) is 11.1 Å². The Morgan fingerprint density at radius 1 is 1.17 bits per heavy atom. The van der Waals surface area contributed by atoms with E-state index in [-0.39, 0.29) is 41.3 Å². The quantitative estimate of drug-likeness (QED) is 0.351. The predicted octanol–water partition coefficient (Wildman–Crippen LogP) is 3.40. The second kappa shape index (κ2) is 9.55. The van der Waals surface area contributed by atoms with Crippen molar-refractivity contribution in [3.63, 3.8) is 0 Å². The molecule has 11 nitrogen and oxygen atoms in total. The van der Waals surface area contributed by atoms with Gasteiger partial charge in [-0.15, -0.1) is 0 Å². The number of benzene rings is 1. The fourth-order valence-corrected chi connectivity index (χ4v) is 3.80. The summed E-state index contributed by atoms with van der Waals surface area (Å²) in [7, 11) is 0. The van der Waals surface area contributed by atoms with Crippen molar-refractivity contribution in [2.45, 2.75) is 33.2 Å². The van der Waals surface area contributed by atoms with Crippen molar-refractivity contribution in [1.82, 2.24) is 24.9 Å². The maximum atomic E-state index is 12.5. The van der Waals surface area contributed by atoms with Crippen molar-refractivity contribution in [1.29, 1.82) is 0 Å². The van der Waals surface area contributed by atoms with Gasteiger partial charge in [0.15, 0.2) is 0 Å². The van der Waals surface area contributed by atoms with E-state index in [2.05, 4.69) is 25.5 Å². The number of halogens is 1. The summed E-state index contributed by atoms with van der Waals surface area (Å²) in [5, 5.41) is 11.5. The molecule has 180 valence electrons. The topological polar surface area (TPSA) is 168 Å². The number of primary amides is 1. The largest absolute Gasteiger partial charge is 0.383 e. The molecule has 1 aromatic carbocycles. The number of hydrogen-bond acceptors (Lipinski definition) is 8. The normalized spacial score (nSPS) is 11.1. The van der Waals surface area contributed by atoms with E-state index >= 15 is 0 Å². The van der Waals surface area contributed by atoms with Crippen LogP contribution in [0, 0.1) is 6.92 Å². The molecule has 0 saturated carbocycles. The number of carbonyl (C=O) groups excluding carboxylic acids is 2. The molecule has 0 bridgehead atoms. The first-order chi connectivity index (χ1) is 16.6. The maximum absolute atomic E-state index is 12.5. The number of carbonyl (C=O) groups is 2. The molecule has 2 amide bonds. The molecule has 4 aromatic rings.